The number of halogens is 1. The van der Waals surface area contributed by atoms with Gasteiger partial charge in [-0.2, -0.15) is 5.26 Å². The maximum absolute atomic E-state index is 13.0. The second-order valence-corrected chi connectivity index (χ2v) is 4.39. The standard InChI is InChI=1S/C16H10FN3/c17-13-6-4-11(5-7-13)14-9-12(10-18)15-3-1-2-8-20(15)16(14)19/h1-9,19H. The third kappa shape index (κ3) is 1.86. The molecule has 4 heteroatoms. The summed E-state index contributed by atoms with van der Waals surface area (Å²) < 4.78 is 14.6. The molecule has 20 heavy (non-hydrogen) atoms. The van der Waals surface area contributed by atoms with Gasteiger partial charge in [-0.25, -0.2) is 4.39 Å². The fourth-order valence-electron chi connectivity index (χ4n) is 2.21. The Morgan fingerprint density at radius 1 is 1.10 bits per heavy atom. The molecule has 0 saturated carbocycles. The van der Waals surface area contributed by atoms with Crippen LogP contribution in [0.2, 0.25) is 0 Å². The van der Waals surface area contributed by atoms with E-state index in [1.807, 2.05) is 6.07 Å². The molecule has 96 valence electrons. The van der Waals surface area contributed by atoms with Gasteiger partial charge in [0.05, 0.1) is 11.1 Å². The average Bonchev–Trinajstić information content (AvgIpc) is 2.49. The minimum absolute atomic E-state index is 0.270. The van der Waals surface area contributed by atoms with E-state index in [1.54, 1.807) is 40.9 Å². The number of aromatic nitrogens is 1. The van der Waals surface area contributed by atoms with Gasteiger partial charge in [-0.15, -0.1) is 0 Å². The van der Waals surface area contributed by atoms with Gasteiger partial charge in [0.15, 0.2) is 0 Å². The smallest absolute Gasteiger partial charge is 0.137 e. The van der Waals surface area contributed by atoms with Crippen LogP contribution in [0.1, 0.15) is 5.56 Å². The van der Waals surface area contributed by atoms with Crippen molar-refractivity contribution >= 4 is 5.52 Å². The molecule has 0 amide bonds. The van der Waals surface area contributed by atoms with Crippen LogP contribution in [0.5, 0.6) is 0 Å². The van der Waals surface area contributed by atoms with E-state index in [9.17, 15) is 9.65 Å². The van der Waals surface area contributed by atoms with E-state index in [2.05, 4.69) is 6.07 Å². The molecule has 0 saturated heterocycles. The van der Waals surface area contributed by atoms with Crippen LogP contribution >= 0.6 is 0 Å². The molecule has 2 heterocycles. The molecule has 0 unspecified atom stereocenters. The van der Waals surface area contributed by atoms with Crippen molar-refractivity contribution in [3.05, 3.63) is 71.6 Å². The first-order valence-corrected chi connectivity index (χ1v) is 6.06. The molecule has 0 spiro atoms. The minimum atomic E-state index is -0.325. The molecule has 0 atom stereocenters. The second-order valence-electron chi connectivity index (χ2n) is 4.39. The van der Waals surface area contributed by atoms with Crippen molar-refractivity contribution in [1.29, 1.82) is 10.7 Å². The molecule has 0 radical (unpaired) electrons. The number of hydrogen-bond donors (Lipinski definition) is 1. The number of fused-ring (bicyclic) bond motifs is 1. The summed E-state index contributed by atoms with van der Waals surface area (Å²) in [5.74, 6) is -0.325. The molecule has 3 nitrogen and oxygen atoms in total. The molecule has 1 N–H and O–H groups in total. The maximum atomic E-state index is 13.0. The Bertz CT molecular complexity index is 886. The van der Waals surface area contributed by atoms with Crippen LogP contribution < -0.4 is 5.49 Å². The predicted octanol–water partition coefficient (Wildman–Crippen LogP) is 3.10. The monoisotopic (exact) mass is 263 g/mol. The molecule has 3 aromatic rings. The van der Waals surface area contributed by atoms with Crippen molar-refractivity contribution in [2.24, 2.45) is 0 Å². The number of rotatable bonds is 1. The number of benzene rings is 1. The van der Waals surface area contributed by atoms with Crippen molar-refractivity contribution in [3.63, 3.8) is 0 Å². The highest BCUT2D eigenvalue weighted by Crippen LogP contribution is 2.19. The van der Waals surface area contributed by atoms with Gasteiger partial charge in [0, 0.05) is 11.8 Å². The van der Waals surface area contributed by atoms with Crippen LogP contribution in [0.15, 0.2) is 54.7 Å². The van der Waals surface area contributed by atoms with Gasteiger partial charge in [-0.3, -0.25) is 5.41 Å². The van der Waals surface area contributed by atoms with E-state index in [0.717, 1.165) is 0 Å². The third-order valence-corrected chi connectivity index (χ3v) is 3.20. The van der Waals surface area contributed by atoms with Crippen molar-refractivity contribution in [3.8, 4) is 17.2 Å². The van der Waals surface area contributed by atoms with Gasteiger partial charge in [0.1, 0.15) is 17.4 Å². The molecule has 1 aromatic carbocycles. The maximum Gasteiger partial charge on any atom is 0.137 e. The summed E-state index contributed by atoms with van der Waals surface area (Å²) in [5, 5.41) is 17.5. The van der Waals surface area contributed by atoms with E-state index in [0.29, 0.717) is 22.2 Å². The quantitative estimate of drug-likeness (QED) is 0.720. The molecule has 0 fully saturated rings. The molecule has 0 bridgehead atoms. The summed E-state index contributed by atoms with van der Waals surface area (Å²) in [6.07, 6.45) is 1.74. The number of nitriles is 1. The van der Waals surface area contributed by atoms with Gasteiger partial charge in [-0.1, -0.05) is 18.2 Å². The zero-order chi connectivity index (χ0) is 14.1. The first-order valence-electron chi connectivity index (χ1n) is 6.06. The Hall–Kier alpha value is -2.93. The molecule has 0 aliphatic heterocycles. The summed E-state index contributed by atoms with van der Waals surface area (Å²) in [6, 6.07) is 15.2. The number of nitrogens with zero attached hydrogens (tertiary/aromatic N) is 2. The lowest BCUT2D eigenvalue weighted by atomic mass is 10.0. The van der Waals surface area contributed by atoms with Crippen molar-refractivity contribution in [2.75, 3.05) is 0 Å². The Morgan fingerprint density at radius 3 is 2.55 bits per heavy atom. The third-order valence-electron chi connectivity index (χ3n) is 3.20. The van der Waals surface area contributed by atoms with Crippen LogP contribution in [0.25, 0.3) is 16.6 Å². The Kier molecular flexibility index (Phi) is 2.81. The van der Waals surface area contributed by atoms with Crippen molar-refractivity contribution in [1.82, 2.24) is 4.40 Å². The van der Waals surface area contributed by atoms with E-state index in [4.69, 9.17) is 5.41 Å². The predicted molar refractivity (Wildman–Crippen MR) is 73.4 cm³/mol. The Labute approximate surface area is 114 Å². The molecule has 0 aliphatic carbocycles. The largest absolute Gasteiger partial charge is 0.300 e. The summed E-state index contributed by atoms with van der Waals surface area (Å²) in [6.45, 7) is 0. The van der Waals surface area contributed by atoms with Crippen molar-refractivity contribution in [2.45, 2.75) is 0 Å². The number of hydrogen-bond acceptors (Lipinski definition) is 2. The first kappa shape index (κ1) is 12.1. The molecular formula is C16H10FN3. The summed E-state index contributed by atoms with van der Waals surface area (Å²) in [4.78, 5) is 0. The molecular weight excluding hydrogens is 253 g/mol. The van der Waals surface area contributed by atoms with E-state index >= 15 is 0 Å². The summed E-state index contributed by atoms with van der Waals surface area (Å²) in [7, 11) is 0. The molecule has 3 rings (SSSR count). The van der Waals surface area contributed by atoms with Gasteiger partial charge >= 0.3 is 0 Å². The zero-order valence-corrected chi connectivity index (χ0v) is 10.5. The van der Waals surface area contributed by atoms with Crippen LogP contribution in [-0.2, 0) is 0 Å². The van der Waals surface area contributed by atoms with E-state index in [-0.39, 0.29) is 11.3 Å². The summed E-state index contributed by atoms with van der Waals surface area (Å²) >= 11 is 0. The van der Waals surface area contributed by atoms with Crippen LogP contribution in [0.4, 0.5) is 4.39 Å². The van der Waals surface area contributed by atoms with Crippen LogP contribution in [-0.4, -0.2) is 4.40 Å². The SMILES string of the molecule is N#Cc1cc(-c2ccc(F)cc2)c(=N)n2ccccc12. The lowest BCUT2D eigenvalue weighted by Crippen LogP contribution is -2.16. The van der Waals surface area contributed by atoms with Crippen molar-refractivity contribution < 1.29 is 4.39 Å². The zero-order valence-electron chi connectivity index (χ0n) is 10.5. The molecule has 2 aromatic heterocycles. The van der Waals surface area contributed by atoms with E-state index < -0.39 is 0 Å². The highest BCUT2D eigenvalue weighted by atomic mass is 19.1. The normalized spacial score (nSPS) is 10.4. The highest BCUT2D eigenvalue weighted by Gasteiger charge is 2.08. The topological polar surface area (TPSA) is 52.0 Å². The lowest BCUT2D eigenvalue weighted by Gasteiger charge is -2.08. The number of nitrogens with one attached hydrogen (secondary N) is 1. The van der Waals surface area contributed by atoms with Gasteiger partial charge in [0.2, 0.25) is 0 Å². The first-order chi connectivity index (χ1) is 9.70. The van der Waals surface area contributed by atoms with Gasteiger partial charge in [-0.05, 0) is 35.9 Å². The van der Waals surface area contributed by atoms with Gasteiger partial charge < -0.3 is 4.40 Å². The lowest BCUT2D eigenvalue weighted by molar-refractivity contribution is 0.628. The highest BCUT2D eigenvalue weighted by molar-refractivity contribution is 5.70. The van der Waals surface area contributed by atoms with Crippen LogP contribution in [0.3, 0.4) is 0 Å². The fourth-order valence-corrected chi connectivity index (χ4v) is 2.21. The summed E-state index contributed by atoms with van der Waals surface area (Å²) in [5.41, 5.74) is 2.76. The minimum Gasteiger partial charge on any atom is -0.300 e. The van der Waals surface area contributed by atoms with E-state index in [1.165, 1.54) is 12.1 Å². The average molecular weight is 263 g/mol. The molecule has 0 aliphatic rings. The Balaban J connectivity index is 2.38. The fraction of sp³-hybridized carbons (Fsp3) is 0. The van der Waals surface area contributed by atoms with Crippen LogP contribution in [0, 0.1) is 22.6 Å². The van der Waals surface area contributed by atoms with Gasteiger partial charge in [0.25, 0.3) is 0 Å². The Morgan fingerprint density at radius 2 is 1.85 bits per heavy atom. The number of pyridine rings is 2. The second kappa shape index (κ2) is 4.63.